The molecule has 140 valence electrons. The van der Waals surface area contributed by atoms with Crippen LogP contribution < -0.4 is 5.32 Å². The van der Waals surface area contributed by atoms with Crippen molar-refractivity contribution < 1.29 is 24.5 Å². The molecule has 3 N–H and O–H groups in total. The van der Waals surface area contributed by atoms with Crippen molar-refractivity contribution in [3.05, 3.63) is 47.5 Å². The van der Waals surface area contributed by atoms with Crippen LogP contribution >= 0.6 is 0 Å². The lowest BCUT2D eigenvalue weighted by Gasteiger charge is -2.19. The fraction of sp³-hybridized carbons (Fsp3) is 0.368. The van der Waals surface area contributed by atoms with Crippen molar-refractivity contribution in [1.82, 2.24) is 9.88 Å². The van der Waals surface area contributed by atoms with E-state index in [4.69, 9.17) is 4.74 Å². The number of nitrogens with one attached hydrogen (secondary N) is 1. The fourth-order valence-corrected chi connectivity index (χ4v) is 2.35. The Morgan fingerprint density at radius 3 is 2.08 bits per heavy atom. The minimum Gasteiger partial charge on any atom is -0.494 e. The minimum atomic E-state index is -0.539. The molecule has 0 aliphatic rings. The first kappa shape index (κ1) is 19.4. The van der Waals surface area contributed by atoms with Gasteiger partial charge in [0.2, 0.25) is 17.7 Å². The van der Waals surface area contributed by atoms with Gasteiger partial charge in [-0.1, -0.05) is 24.3 Å². The van der Waals surface area contributed by atoms with Crippen LogP contribution in [0.3, 0.4) is 0 Å². The van der Waals surface area contributed by atoms with E-state index in [9.17, 15) is 19.8 Å². The highest BCUT2D eigenvalue weighted by molar-refractivity contribution is 5.82. The van der Waals surface area contributed by atoms with Crippen molar-refractivity contribution in [3.63, 3.8) is 0 Å². The van der Waals surface area contributed by atoms with Crippen molar-refractivity contribution in [3.8, 4) is 11.8 Å². The summed E-state index contributed by atoms with van der Waals surface area (Å²) in [7, 11) is 0. The summed E-state index contributed by atoms with van der Waals surface area (Å²) in [4.78, 5) is 23.7. The molecule has 1 heterocycles. The van der Waals surface area contributed by atoms with Crippen molar-refractivity contribution in [2.24, 2.45) is 0 Å². The predicted molar refractivity (Wildman–Crippen MR) is 96.2 cm³/mol. The van der Waals surface area contributed by atoms with Crippen LogP contribution in [0.15, 0.2) is 36.4 Å². The molecule has 0 saturated heterocycles. The second kappa shape index (κ2) is 7.95. The monoisotopic (exact) mass is 360 g/mol. The van der Waals surface area contributed by atoms with Crippen LogP contribution in [-0.4, -0.2) is 32.4 Å². The maximum absolute atomic E-state index is 12.1. The number of aryl methyl sites for hydroxylation is 1. The van der Waals surface area contributed by atoms with Gasteiger partial charge in [0, 0.05) is 25.1 Å². The number of benzene rings is 1. The first-order valence-electron chi connectivity index (χ1n) is 8.33. The molecule has 1 aromatic carbocycles. The lowest BCUT2D eigenvalue weighted by molar-refractivity contribution is 0.0523. The van der Waals surface area contributed by atoms with Gasteiger partial charge in [0.25, 0.3) is 0 Å². The third kappa shape index (κ3) is 5.54. The molecule has 1 amide bonds. The molecule has 0 atom stereocenters. The molecule has 7 heteroatoms. The van der Waals surface area contributed by atoms with Crippen LogP contribution in [-0.2, 0) is 17.7 Å². The molecular weight excluding hydrogens is 336 g/mol. The van der Waals surface area contributed by atoms with Crippen molar-refractivity contribution in [1.29, 1.82) is 0 Å². The maximum Gasteiger partial charge on any atom is 0.407 e. The van der Waals surface area contributed by atoms with Gasteiger partial charge in [-0.3, -0.25) is 4.79 Å². The molecule has 0 unspecified atom stereocenters. The highest BCUT2D eigenvalue weighted by Crippen LogP contribution is 2.21. The molecule has 26 heavy (non-hydrogen) atoms. The number of ether oxygens (including phenoxy) is 1. The van der Waals surface area contributed by atoms with E-state index < -0.39 is 11.7 Å². The average Bonchev–Trinajstić information content (AvgIpc) is 2.89. The number of hydrogen-bond donors (Lipinski definition) is 3. The van der Waals surface area contributed by atoms with Crippen LogP contribution in [0.2, 0.25) is 0 Å². The van der Waals surface area contributed by atoms with Gasteiger partial charge in [-0.25, -0.2) is 9.36 Å². The van der Waals surface area contributed by atoms with Crippen molar-refractivity contribution in [2.75, 3.05) is 0 Å². The van der Waals surface area contributed by atoms with Crippen molar-refractivity contribution >= 4 is 12.0 Å². The summed E-state index contributed by atoms with van der Waals surface area (Å²) in [5.41, 5.74) is 1.31. The second-order valence-electron chi connectivity index (χ2n) is 6.95. The first-order valence-corrected chi connectivity index (χ1v) is 8.33. The number of rotatable bonds is 5. The number of amides is 1. The second-order valence-corrected chi connectivity index (χ2v) is 6.95. The molecule has 0 aliphatic carbocycles. The van der Waals surface area contributed by atoms with E-state index in [1.807, 2.05) is 24.3 Å². The molecule has 0 aliphatic heterocycles. The third-order valence-electron chi connectivity index (χ3n) is 3.58. The summed E-state index contributed by atoms with van der Waals surface area (Å²) < 4.78 is 6.05. The van der Waals surface area contributed by atoms with E-state index >= 15 is 0 Å². The smallest absolute Gasteiger partial charge is 0.407 e. The van der Waals surface area contributed by atoms with E-state index in [1.54, 1.807) is 20.8 Å². The Kier molecular flexibility index (Phi) is 5.92. The molecule has 0 saturated carbocycles. The Balaban J connectivity index is 1.84. The SMILES string of the molecule is CC(C)(C)OC(=O)NCc1ccc(CCC(=O)n2c(O)ccc2O)cc1. The Hall–Kier alpha value is -2.96. The van der Waals surface area contributed by atoms with Gasteiger partial charge in [0.15, 0.2) is 0 Å². The molecule has 2 rings (SSSR count). The predicted octanol–water partition coefficient (Wildman–Crippen LogP) is 3.20. The molecule has 0 spiro atoms. The standard InChI is InChI=1S/C19H24N2O5/c1-19(2,3)26-18(25)20-12-14-6-4-13(5-7-14)8-9-15(22)21-16(23)10-11-17(21)24/h4-7,10-11,23-24H,8-9,12H2,1-3H3,(H,20,25). The summed E-state index contributed by atoms with van der Waals surface area (Å²) in [5.74, 6) is -0.951. The molecule has 0 bridgehead atoms. The van der Waals surface area contributed by atoms with Crippen LogP contribution in [0.1, 0.15) is 43.1 Å². The summed E-state index contributed by atoms with van der Waals surface area (Å²) in [6.45, 7) is 5.75. The quantitative estimate of drug-likeness (QED) is 0.760. The van der Waals surface area contributed by atoms with E-state index in [1.165, 1.54) is 12.1 Å². The van der Waals surface area contributed by atoms with E-state index in [-0.39, 0.29) is 24.1 Å². The molecular formula is C19H24N2O5. The Morgan fingerprint density at radius 2 is 1.54 bits per heavy atom. The lowest BCUT2D eigenvalue weighted by atomic mass is 10.1. The molecule has 2 aromatic rings. The molecule has 1 aromatic heterocycles. The number of alkyl carbamates (subject to hydrolysis) is 1. The van der Waals surface area contributed by atoms with Gasteiger partial charge in [-0.2, -0.15) is 0 Å². The van der Waals surface area contributed by atoms with Gasteiger partial charge in [0.05, 0.1) is 0 Å². The summed E-state index contributed by atoms with van der Waals surface area (Å²) in [5, 5.41) is 21.8. The maximum atomic E-state index is 12.1. The number of hydrogen-bond acceptors (Lipinski definition) is 5. The minimum absolute atomic E-state index is 0.144. The van der Waals surface area contributed by atoms with Crippen LogP contribution in [0.25, 0.3) is 0 Å². The zero-order valence-corrected chi connectivity index (χ0v) is 15.2. The van der Waals surface area contributed by atoms with Gasteiger partial charge in [0.1, 0.15) is 5.60 Å². The molecule has 0 radical (unpaired) electrons. The van der Waals surface area contributed by atoms with Gasteiger partial charge in [-0.15, -0.1) is 0 Å². The molecule has 7 nitrogen and oxygen atoms in total. The number of carbonyl (C=O) groups excluding carboxylic acids is 2. The Morgan fingerprint density at radius 1 is 1.00 bits per heavy atom. The van der Waals surface area contributed by atoms with E-state index in [0.29, 0.717) is 13.0 Å². The van der Waals surface area contributed by atoms with Crippen LogP contribution in [0, 0.1) is 0 Å². The number of aromatic hydroxyl groups is 2. The van der Waals surface area contributed by atoms with E-state index in [2.05, 4.69) is 5.32 Å². The summed E-state index contributed by atoms with van der Waals surface area (Å²) >= 11 is 0. The van der Waals surface area contributed by atoms with Crippen LogP contribution in [0.4, 0.5) is 4.79 Å². The zero-order valence-electron chi connectivity index (χ0n) is 15.2. The van der Waals surface area contributed by atoms with E-state index in [0.717, 1.165) is 15.7 Å². The van der Waals surface area contributed by atoms with Gasteiger partial charge >= 0.3 is 6.09 Å². The van der Waals surface area contributed by atoms with Crippen LogP contribution in [0.5, 0.6) is 11.8 Å². The topological polar surface area (TPSA) is 101 Å². The average molecular weight is 360 g/mol. The number of nitrogens with zero attached hydrogens (tertiary/aromatic N) is 1. The van der Waals surface area contributed by atoms with Crippen molar-refractivity contribution in [2.45, 2.75) is 45.8 Å². The normalized spacial score (nSPS) is 11.2. The highest BCUT2D eigenvalue weighted by Gasteiger charge is 2.16. The lowest BCUT2D eigenvalue weighted by Crippen LogP contribution is -2.32. The van der Waals surface area contributed by atoms with Gasteiger partial charge in [-0.05, 0) is 38.3 Å². The Bertz CT molecular complexity index is 753. The fourth-order valence-electron chi connectivity index (χ4n) is 2.35. The highest BCUT2D eigenvalue weighted by atomic mass is 16.6. The van der Waals surface area contributed by atoms with Gasteiger partial charge < -0.3 is 20.3 Å². The zero-order chi connectivity index (χ0) is 19.3. The summed E-state index contributed by atoms with van der Waals surface area (Å²) in [6, 6.07) is 9.99. The number of carbonyl (C=O) groups is 2. The first-order chi connectivity index (χ1) is 12.2. The summed E-state index contributed by atoms with van der Waals surface area (Å²) in [6.07, 6.45) is 0.138. The number of aromatic nitrogens is 1. The largest absolute Gasteiger partial charge is 0.494 e. The Labute approximate surface area is 152 Å². The third-order valence-corrected chi connectivity index (χ3v) is 3.58. The molecule has 0 fully saturated rings.